The molecular weight excluding hydrogens is 491 g/mol. The van der Waals surface area contributed by atoms with Crippen molar-refractivity contribution in [3.05, 3.63) is 92.4 Å². The third-order valence-electron chi connectivity index (χ3n) is 6.28. The summed E-state index contributed by atoms with van der Waals surface area (Å²) in [4.78, 5) is 30.1. The Morgan fingerprint density at radius 2 is 1.62 bits per heavy atom. The lowest BCUT2D eigenvalue weighted by molar-refractivity contribution is -0.117. The molecule has 0 saturated heterocycles. The van der Waals surface area contributed by atoms with Crippen LogP contribution in [0.15, 0.2) is 60.7 Å². The second-order valence-electron chi connectivity index (χ2n) is 8.47. The van der Waals surface area contributed by atoms with Gasteiger partial charge in [0.05, 0.1) is 6.04 Å². The highest BCUT2D eigenvalue weighted by Crippen LogP contribution is 2.43. The lowest BCUT2D eigenvalue weighted by Crippen LogP contribution is -2.47. The summed E-state index contributed by atoms with van der Waals surface area (Å²) in [6.45, 7) is 5.52. The molecule has 176 valence electrons. The zero-order chi connectivity index (χ0) is 24.6. The Morgan fingerprint density at radius 1 is 1.00 bits per heavy atom. The Kier molecular flexibility index (Phi) is 7.22. The molecule has 34 heavy (non-hydrogen) atoms. The van der Waals surface area contributed by atoms with Gasteiger partial charge in [-0.1, -0.05) is 59.9 Å². The van der Waals surface area contributed by atoms with Gasteiger partial charge in [-0.25, -0.2) is 0 Å². The van der Waals surface area contributed by atoms with Crippen molar-refractivity contribution in [1.82, 2.24) is 0 Å². The van der Waals surface area contributed by atoms with Gasteiger partial charge < -0.3 is 9.80 Å². The van der Waals surface area contributed by atoms with E-state index in [0.717, 1.165) is 22.5 Å². The Bertz CT molecular complexity index is 1220. The Morgan fingerprint density at radius 3 is 2.21 bits per heavy atom. The molecule has 0 saturated carbocycles. The predicted molar refractivity (Wildman–Crippen MR) is 141 cm³/mol. The van der Waals surface area contributed by atoms with Crippen LogP contribution in [0.2, 0.25) is 15.1 Å². The van der Waals surface area contributed by atoms with E-state index < -0.39 is 0 Å². The van der Waals surface area contributed by atoms with Crippen LogP contribution in [-0.2, 0) is 11.2 Å². The lowest BCUT2D eigenvalue weighted by atomic mass is 9.89. The molecule has 0 aromatic heterocycles. The zero-order valence-corrected chi connectivity index (χ0v) is 21.5. The van der Waals surface area contributed by atoms with Crippen molar-refractivity contribution in [1.29, 1.82) is 0 Å². The van der Waals surface area contributed by atoms with E-state index in [0.29, 0.717) is 33.5 Å². The number of rotatable bonds is 4. The van der Waals surface area contributed by atoms with Crippen LogP contribution in [-0.4, -0.2) is 17.9 Å². The largest absolute Gasteiger partial charge is 0.305 e. The Balaban J connectivity index is 1.78. The number of amides is 2. The lowest BCUT2D eigenvalue weighted by Gasteiger charge is -2.43. The smallest absolute Gasteiger partial charge is 0.258 e. The van der Waals surface area contributed by atoms with Crippen LogP contribution in [0.25, 0.3) is 0 Å². The van der Waals surface area contributed by atoms with Gasteiger partial charge in [0, 0.05) is 45.0 Å². The van der Waals surface area contributed by atoms with Crippen LogP contribution in [0.4, 0.5) is 11.4 Å². The predicted octanol–water partition coefficient (Wildman–Crippen LogP) is 7.74. The van der Waals surface area contributed by atoms with Gasteiger partial charge in [0.1, 0.15) is 0 Å². The van der Waals surface area contributed by atoms with Crippen LogP contribution in [0.3, 0.4) is 0 Å². The van der Waals surface area contributed by atoms with Crippen molar-refractivity contribution in [3.8, 4) is 0 Å². The van der Waals surface area contributed by atoms with Gasteiger partial charge in [0.15, 0.2) is 0 Å². The van der Waals surface area contributed by atoms with Gasteiger partial charge in [0.25, 0.3) is 5.91 Å². The summed E-state index contributed by atoms with van der Waals surface area (Å²) in [6, 6.07) is 17.9. The fourth-order valence-electron chi connectivity index (χ4n) is 4.72. The van der Waals surface area contributed by atoms with Crippen LogP contribution in [0.1, 0.15) is 54.7 Å². The van der Waals surface area contributed by atoms with Crippen molar-refractivity contribution in [2.24, 2.45) is 0 Å². The number of para-hydroxylation sites is 1. The summed E-state index contributed by atoms with van der Waals surface area (Å²) < 4.78 is 0. The average molecular weight is 516 g/mol. The van der Waals surface area contributed by atoms with Crippen LogP contribution < -0.4 is 9.80 Å². The minimum atomic E-state index is -0.233. The van der Waals surface area contributed by atoms with Crippen LogP contribution in [0, 0.1) is 0 Å². The van der Waals surface area contributed by atoms with E-state index in [9.17, 15) is 9.59 Å². The maximum Gasteiger partial charge on any atom is 0.258 e. The minimum absolute atomic E-state index is 0.0807. The van der Waals surface area contributed by atoms with E-state index in [4.69, 9.17) is 34.8 Å². The van der Waals surface area contributed by atoms with Crippen LogP contribution >= 0.6 is 34.8 Å². The molecule has 3 aromatic carbocycles. The molecule has 0 N–H and O–H groups in total. The number of carbonyl (C=O) groups excluding carboxylic acids is 2. The molecule has 4 rings (SSSR count). The molecule has 7 heteroatoms. The van der Waals surface area contributed by atoms with E-state index in [1.165, 1.54) is 0 Å². The summed E-state index contributed by atoms with van der Waals surface area (Å²) in [5.41, 5.74) is 3.70. The van der Waals surface area contributed by atoms with Gasteiger partial charge in [0.2, 0.25) is 5.91 Å². The molecule has 3 aromatic rings. The number of fused-ring (bicyclic) bond motifs is 1. The molecule has 1 aliphatic rings. The molecule has 0 bridgehead atoms. The van der Waals surface area contributed by atoms with Gasteiger partial charge in [-0.05, 0) is 73.4 Å². The topological polar surface area (TPSA) is 40.6 Å². The van der Waals surface area contributed by atoms with Gasteiger partial charge in [-0.3, -0.25) is 9.59 Å². The first-order chi connectivity index (χ1) is 16.2. The van der Waals surface area contributed by atoms with E-state index in [2.05, 4.69) is 0 Å². The zero-order valence-electron chi connectivity index (χ0n) is 19.2. The Hall–Kier alpha value is -2.53. The number of hydrogen-bond acceptors (Lipinski definition) is 2. The van der Waals surface area contributed by atoms with Crippen molar-refractivity contribution >= 4 is 58.0 Å². The second kappa shape index (κ2) is 9.99. The summed E-state index contributed by atoms with van der Waals surface area (Å²) in [5, 5.41) is 1.58. The third-order valence-corrected chi connectivity index (χ3v) is 7.20. The third kappa shape index (κ3) is 4.55. The minimum Gasteiger partial charge on any atom is -0.305 e. The number of hydrogen-bond donors (Lipinski definition) is 0. The molecule has 0 spiro atoms. The maximum absolute atomic E-state index is 13.7. The monoisotopic (exact) mass is 514 g/mol. The molecule has 2 unspecified atom stereocenters. The number of carbonyl (C=O) groups is 2. The fraction of sp³-hybridized carbons (Fsp3) is 0.259. The first kappa shape index (κ1) is 24.6. The first-order valence-corrected chi connectivity index (χ1v) is 12.3. The molecule has 0 radical (unpaired) electrons. The van der Waals surface area contributed by atoms with Crippen molar-refractivity contribution in [2.45, 2.75) is 45.7 Å². The highest BCUT2D eigenvalue weighted by molar-refractivity contribution is 6.36. The van der Waals surface area contributed by atoms with Gasteiger partial charge in [-0.2, -0.15) is 0 Å². The highest BCUT2D eigenvalue weighted by Gasteiger charge is 2.38. The van der Waals surface area contributed by atoms with Gasteiger partial charge >= 0.3 is 0 Å². The van der Waals surface area contributed by atoms with Crippen molar-refractivity contribution in [2.75, 3.05) is 9.80 Å². The molecule has 4 nitrogen and oxygen atoms in total. The molecule has 1 heterocycles. The maximum atomic E-state index is 13.7. The van der Waals surface area contributed by atoms with Crippen LogP contribution in [0.5, 0.6) is 0 Å². The Labute approximate surface area is 215 Å². The first-order valence-electron chi connectivity index (χ1n) is 11.2. The summed E-state index contributed by atoms with van der Waals surface area (Å²) in [6.07, 6.45) is 1.25. The SMILES string of the molecule is CCc1c(Cl)cc(C(=O)N2c3ccccc3C(N(C(C)=O)c3ccc(Cl)cc3)CC2C)cc1Cl. The molecule has 2 amide bonds. The molecule has 0 fully saturated rings. The van der Waals surface area contributed by atoms with Gasteiger partial charge in [-0.15, -0.1) is 0 Å². The number of benzene rings is 3. The summed E-state index contributed by atoms with van der Waals surface area (Å²) in [7, 11) is 0. The van der Waals surface area contributed by atoms with E-state index in [-0.39, 0.29) is 23.9 Å². The number of nitrogens with zero attached hydrogens (tertiary/aromatic N) is 2. The molecule has 2 atom stereocenters. The van der Waals surface area contributed by atoms with Crippen molar-refractivity contribution < 1.29 is 9.59 Å². The molecule has 0 aliphatic carbocycles. The average Bonchev–Trinajstić information content (AvgIpc) is 2.80. The molecule has 1 aliphatic heterocycles. The highest BCUT2D eigenvalue weighted by atomic mass is 35.5. The number of anilines is 2. The van der Waals surface area contributed by atoms with E-state index >= 15 is 0 Å². The van der Waals surface area contributed by atoms with E-state index in [1.807, 2.05) is 50.2 Å². The normalized spacial score (nSPS) is 17.3. The quantitative estimate of drug-likeness (QED) is 0.356. The fourth-order valence-corrected chi connectivity index (χ4v) is 5.60. The summed E-state index contributed by atoms with van der Waals surface area (Å²) in [5.74, 6) is -0.256. The van der Waals surface area contributed by atoms with E-state index in [1.54, 1.807) is 41.0 Å². The standard InChI is InChI=1S/C27H25Cl3N2O2/c1-4-21-23(29)14-18(15-24(21)30)27(34)31-16(2)13-26(22-7-5-6-8-25(22)31)32(17(3)33)20-11-9-19(28)10-12-20/h5-12,14-16,26H,4,13H2,1-3H3. The second-order valence-corrected chi connectivity index (χ2v) is 9.72. The summed E-state index contributed by atoms with van der Waals surface area (Å²) >= 11 is 18.9. The van der Waals surface area contributed by atoms with Crippen molar-refractivity contribution in [3.63, 3.8) is 0 Å². The molecular formula is C27H25Cl3N2O2. The number of halogens is 3.